The van der Waals surface area contributed by atoms with Crippen LogP contribution >= 0.6 is 0 Å². The van der Waals surface area contributed by atoms with Crippen LogP contribution in [0.5, 0.6) is 0 Å². The first-order chi connectivity index (χ1) is 19.0. The number of rotatable bonds is 7. The molecule has 8 nitrogen and oxygen atoms in total. The number of hydrogen-bond donors (Lipinski definition) is 0. The fraction of sp³-hybridized carbons (Fsp3) is 0.194. The molecule has 0 unspecified atom stereocenters. The average Bonchev–Trinajstić information content (AvgIpc) is 2.98. The summed E-state index contributed by atoms with van der Waals surface area (Å²) >= 11 is 0. The number of benzene rings is 3. The Morgan fingerprint density at radius 1 is 0.897 bits per heavy atom. The number of non-ortho nitro benzene ring substituents is 1. The van der Waals surface area contributed by atoms with Crippen LogP contribution in [0, 0.1) is 17.0 Å². The summed E-state index contributed by atoms with van der Waals surface area (Å²) in [5.41, 5.74) is 4.78. The molecular weight excluding hydrogens is 490 g/mol. The minimum atomic E-state index is -0.395. The number of hydrogen-bond acceptors (Lipinski definition) is 6. The number of anilines is 1. The highest BCUT2D eigenvalue weighted by Crippen LogP contribution is 2.29. The smallest absolute Gasteiger partial charge is 0.269 e. The van der Waals surface area contributed by atoms with Gasteiger partial charge in [-0.25, -0.2) is 9.97 Å². The zero-order valence-corrected chi connectivity index (χ0v) is 21.7. The lowest BCUT2D eigenvalue weighted by atomic mass is 10.0. The van der Waals surface area contributed by atoms with E-state index in [-0.39, 0.29) is 11.6 Å². The third-order valence-electron chi connectivity index (χ3n) is 6.86. The van der Waals surface area contributed by atoms with E-state index < -0.39 is 4.92 Å². The van der Waals surface area contributed by atoms with Gasteiger partial charge in [-0.05, 0) is 24.1 Å². The van der Waals surface area contributed by atoms with Crippen LogP contribution in [0.3, 0.4) is 0 Å². The standard InChI is InChI=1S/C31H29N5O3/c1-23-28(22-25-12-15-27(16-13-25)36(38)39)31(33-30(32-23)26-10-6-3-7-11-26)35-20-18-34(19-21-35)29(37)17-14-24-8-4-2-5-9-24/h2-17H,18-22H2,1H3/b17-14+. The molecule has 0 saturated carbocycles. The number of carbonyl (C=O) groups excluding carboxylic acids is 1. The van der Waals surface area contributed by atoms with Gasteiger partial charge in [0, 0.05) is 67.6 Å². The number of nitrogens with zero attached hydrogens (tertiary/aromatic N) is 5. The van der Waals surface area contributed by atoms with Crippen LogP contribution in [0.25, 0.3) is 17.5 Å². The largest absolute Gasteiger partial charge is 0.353 e. The van der Waals surface area contributed by atoms with Gasteiger partial charge < -0.3 is 9.80 Å². The quantitative estimate of drug-likeness (QED) is 0.187. The van der Waals surface area contributed by atoms with Crippen LogP contribution in [0.1, 0.15) is 22.4 Å². The van der Waals surface area contributed by atoms with Gasteiger partial charge in [-0.2, -0.15) is 0 Å². The molecule has 39 heavy (non-hydrogen) atoms. The highest BCUT2D eigenvalue weighted by Gasteiger charge is 2.25. The average molecular weight is 520 g/mol. The molecule has 4 aromatic rings. The number of amides is 1. The Balaban J connectivity index is 1.39. The van der Waals surface area contributed by atoms with Crippen molar-refractivity contribution in [3.05, 3.63) is 124 Å². The minimum absolute atomic E-state index is 0.00607. The summed E-state index contributed by atoms with van der Waals surface area (Å²) in [7, 11) is 0. The number of aryl methyl sites for hydroxylation is 1. The van der Waals surface area contributed by atoms with Crippen molar-refractivity contribution < 1.29 is 9.72 Å². The summed E-state index contributed by atoms with van der Waals surface area (Å²) in [4.78, 5) is 37.4. The number of aromatic nitrogens is 2. The Bertz CT molecular complexity index is 1480. The molecule has 1 saturated heterocycles. The third kappa shape index (κ3) is 6.18. The Kier molecular flexibility index (Phi) is 7.73. The molecule has 2 heterocycles. The van der Waals surface area contributed by atoms with Crippen LogP contribution in [0.2, 0.25) is 0 Å². The van der Waals surface area contributed by atoms with Crippen LogP contribution in [0.15, 0.2) is 91.0 Å². The highest BCUT2D eigenvalue weighted by molar-refractivity contribution is 5.92. The van der Waals surface area contributed by atoms with Crippen LogP contribution in [-0.2, 0) is 11.2 Å². The summed E-state index contributed by atoms with van der Waals surface area (Å²) in [6, 6.07) is 26.3. The van der Waals surface area contributed by atoms with Crippen LogP contribution in [0.4, 0.5) is 11.5 Å². The van der Waals surface area contributed by atoms with Crippen molar-refractivity contribution in [2.24, 2.45) is 0 Å². The second kappa shape index (κ2) is 11.7. The second-order valence-corrected chi connectivity index (χ2v) is 9.46. The summed E-state index contributed by atoms with van der Waals surface area (Å²) in [5, 5.41) is 11.1. The molecule has 1 aliphatic heterocycles. The second-order valence-electron chi connectivity index (χ2n) is 9.46. The molecule has 0 bridgehead atoms. The molecule has 1 fully saturated rings. The molecular formula is C31H29N5O3. The molecule has 1 aliphatic rings. The van der Waals surface area contributed by atoms with E-state index in [1.165, 1.54) is 12.1 Å². The first kappa shape index (κ1) is 25.8. The van der Waals surface area contributed by atoms with E-state index in [4.69, 9.17) is 9.97 Å². The summed E-state index contributed by atoms with van der Waals surface area (Å²) in [6.07, 6.45) is 4.03. The minimum Gasteiger partial charge on any atom is -0.353 e. The Hall–Kier alpha value is -4.85. The van der Waals surface area contributed by atoms with E-state index in [1.807, 2.05) is 78.6 Å². The van der Waals surface area contributed by atoms with Gasteiger partial charge in [-0.15, -0.1) is 0 Å². The van der Waals surface area contributed by atoms with Gasteiger partial charge in [0.05, 0.1) is 4.92 Å². The summed E-state index contributed by atoms with van der Waals surface area (Å²) < 4.78 is 0. The molecule has 0 spiro atoms. The van der Waals surface area contributed by atoms with E-state index in [2.05, 4.69) is 4.90 Å². The maximum absolute atomic E-state index is 12.8. The van der Waals surface area contributed by atoms with Gasteiger partial charge in [0.1, 0.15) is 5.82 Å². The van der Waals surface area contributed by atoms with Crippen LogP contribution < -0.4 is 4.90 Å². The first-order valence-electron chi connectivity index (χ1n) is 12.9. The van der Waals surface area contributed by atoms with E-state index in [0.717, 1.165) is 33.8 Å². The van der Waals surface area contributed by atoms with Gasteiger partial charge in [0.15, 0.2) is 5.82 Å². The zero-order chi connectivity index (χ0) is 27.2. The van der Waals surface area contributed by atoms with Crippen molar-refractivity contribution in [2.45, 2.75) is 13.3 Å². The van der Waals surface area contributed by atoms with E-state index in [0.29, 0.717) is 38.4 Å². The van der Waals surface area contributed by atoms with Gasteiger partial charge in [0.25, 0.3) is 5.69 Å². The molecule has 5 rings (SSSR count). The van der Waals surface area contributed by atoms with Crippen molar-refractivity contribution in [3.8, 4) is 11.4 Å². The maximum atomic E-state index is 12.8. The number of nitro benzene ring substituents is 1. The predicted molar refractivity (Wildman–Crippen MR) is 152 cm³/mol. The zero-order valence-electron chi connectivity index (χ0n) is 21.7. The van der Waals surface area contributed by atoms with E-state index >= 15 is 0 Å². The Morgan fingerprint density at radius 3 is 2.18 bits per heavy atom. The highest BCUT2D eigenvalue weighted by atomic mass is 16.6. The topological polar surface area (TPSA) is 92.5 Å². The molecule has 196 valence electrons. The fourth-order valence-electron chi connectivity index (χ4n) is 4.68. The SMILES string of the molecule is Cc1nc(-c2ccccc2)nc(N2CCN(C(=O)/C=C/c3ccccc3)CC2)c1Cc1ccc([N+](=O)[O-])cc1. The molecule has 1 amide bonds. The molecule has 8 heteroatoms. The summed E-state index contributed by atoms with van der Waals surface area (Å²) in [5.74, 6) is 1.49. The third-order valence-corrected chi connectivity index (χ3v) is 6.86. The van der Waals surface area contributed by atoms with Crippen molar-refractivity contribution in [2.75, 3.05) is 31.1 Å². The predicted octanol–water partition coefficient (Wildman–Crippen LogP) is 5.31. The summed E-state index contributed by atoms with van der Waals surface area (Å²) in [6.45, 7) is 4.43. The molecule has 0 N–H and O–H groups in total. The lowest BCUT2D eigenvalue weighted by Crippen LogP contribution is -2.49. The van der Waals surface area contributed by atoms with Crippen molar-refractivity contribution in [1.82, 2.24) is 14.9 Å². The number of piperazine rings is 1. The molecule has 3 aromatic carbocycles. The maximum Gasteiger partial charge on any atom is 0.269 e. The Labute approximate surface area is 227 Å². The molecule has 1 aromatic heterocycles. The molecule has 0 atom stereocenters. The number of nitro groups is 1. The first-order valence-corrected chi connectivity index (χ1v) is 12.9. The van der Waals surface area contributed by atoms with E-state index in [1.54, 1.807) is 18.2 Å². The van der Waals surface area contributed by atoms with Gasteiger partial charge in [-0.3, -0.25) is 14.9 Å². The van der Waals surface area contributed by atoms with Crippen molar-refractivity contribution in [3.63, 3.8) is 0 Å². The normalized spacial score (nSPS) is 13.6. The molecule has 0 radical (unpaired) electrons. The van der Waals surface area contributed by atoms with Gasteiger partial charge in [-0.1, -0.05) is 72.8 Å². The fourth-order valence-corrected chi connectivity index (χ4v) is 4.68. The van der Waals surface area contributed by atoms with Crippen molar-refractivity contribution in [1.29, 1.82) is 0 Å². The van der Waals surface area contributed by atoms with Gasteiger partial charge in [0.2, 0.25) is 5.91 Å². The molecule has 0 aliphatic carbocycles. The monoisotopic (exact) mass is 519 g/mol. The number of carbonyl (C=O) groups is 1. The van der Waals surface area contributed by atoms with Gasteiger partial charge >= 0.3 is 0 Å². The lowest BCUT2D eigenvalue weighted by Gasteiger charge is -2.36. The Morgan fingerprint density at radius 2 is 1.54 bits per heavy atom. The lowest BCUT2D eigenvalue weighted by molar-refractivity contribution is -0.384. The van der Waals surface area contributed by atoms with E-state index in [9.17, 15) is 14.9 Å². The van der Waals surface area contributed by atoms with Crippen molar-refractivity contribution >= 4 is 23.5 Å². The van der Waals surface area contributed by atoms with Crippen LogP contribution in [-0.4, -0.2) is 51.9 Å².